The summed E-state index contributed by atoms with van der Waals surface area (Å²) in [6, 6.07) is 0. The molecular weight excluding hydrogens is 227 g/mol. The number of fused-ring (bicyclic) bond motifs is 2. The zero-order valence-electron chi connectivity index (χ0n) is 9.73. The molecule has 0 heterocycles. The number of allylic oxidation sites excluding steroid dienone is 1. The smallest absolute Gasteiger partial charge is 0.321 e. The van der Waals surface area contributed by atoms with Gasteiger partial charge in [0.05, 0.1) is 0 Å². The molecule has 2 aliphatic carbocycles. The lowest BCUT2D eigenvalue weighted by Crippen LogP contribution is -2.32. The molecule has 0 radical (unpaired) electrons. The molecule has 2 atom stereocenters. The minimum atomic E-state index is -4.25. The molecule has 2 rings (SSSR count). The van der Waals surface area contributed by atoms with Gasteiger partial charge in [-0.2, -0.15) is 0 Å². The van der Waals surface area contributed by atoms with Crippen molar-refractivity contribution in [2.24, 2.45) is 16.7 Å². The molecule has 4 nitrogen and oxygen atoms in total. The van der Waals surface area contributed by atoms with Crippen LogP contribution in [0, 0.1) is 16.7 Å². The second-order valence-corrected chi connectivity index (χ2v) is 7.08. The van der Waals surface area contributed by atoms with Crippen LogP contribution < -0.4 is 0 Å². The Labute approximate surface area is 94.9 Å². The lowest BCUT2D eigenvalue weighted by atomic mass is 9.70. The number of carbonyl (C=O) groups is 1. The van der Waals surface area contributed by atoms with Crippen molar-refractivity contribution in [2.45, 2.75) is 33.6 Å². The predicted molar refractivity (Wildman–Crippen MR) is 59.7 cm³/mol. The summed E-state index contributed by atoms with van der Waals surface area (Å²) in [5.41, 5.74) is -0.281. The summed E-state index contributed by atoms with van der Waals surface area (Å²) in [7, 11) is -4.25. The zero-order valence-corrected chi connectivity index (χ0v) is 10.6. The van der Waals surface area contributed by atoms with E-state index < -0.39 is 13.0 Å². The van der Waals surface area contributed by atoms with E-state index in [2.05, 4.69) is 0 Å². The molecule has 0 amide bonds. The fourth-order valence-electron chi connectivity index (χ4n) is 3.26. The van der Waals surface area contributed by atoms with Gasteiger partial charge in [0.25, 0.3) is 0 Å². The minimum absolute atomic E-state index is 0.00220. The molecule has 0 saturated heterocycles. The van der Waals surface area contributed by atoms with Crippen LogP contribution in [0.5, 0.6) is 0 Å². The van der Waals surface area contributed by atoms with E-state index in [-0.39, 0.29) is 17.1 Å². The fraction of sp³-hybridized carbons (Fsp3) is 0.727. The SMILES string of the molecule is CC12CCC(C(=CP(=O)(O)O)C1=O)C2(C)C. The number of hydrogen-bond donors (Lipinski definition) is 2. The van der Waals surface area contributed by atoms with Crippen molar-refractivity contribution in [1.82, 2.24) is 0 Å². The molecule has 5 heteroatoms. The number of carbonyl (C=O) groups excluding carboxylic acids is 1. The molecule has 2 fully saturated rings. The number of hydrogen-bond acceptors (Lipinski definition) is 2. The first kappa shape index (κ1) is 12.0. The predicted octanol–water partition coefficient (Wildman–Crippen LogP) is 2.07. The summed E-state index contributed by atoms with van der Waals surface area (Å²) >= 11 is 0. The third kappa shape index (κ3) is 1.37. The third-order valence-corrected chi connectivity index (χ3v) is 5.29. The summed E-state index contributed by atoms with van der Waals surface area (Å²) in [5, 5.41) is 0. The molecule has 2 saturated carbocycles. The van der Waals surface area contributed by atoms with Crippen molar-refractivity contribution in [1.29, 1.82) is 0 Å². The van der Waals surface area contributed by atoms with Crippen molar-refractivity contribution in [3.8, 4) is 0 Å². The van der Waals surface area contributed by atoms with Crippen LogP contribution in [0.4, 0.5) is 0 Å². The van der Waals surface area contributed by atoms with Crippen LogP contribution in [0.2, 0.25) is 0 Å². The van der Waals surface area contributed by atoms with Crippen molar-refractivity contribution >= 4 is 13.4 Å². The molecule has 0 aromatic heterocycles. The lowest BCUT2D eigenvalue weighted by Gasteiger charge is -2.31. The Morgan fingerprint density at radius 2 is 1.94 bits per heavy atom. The quantitative estimate of drug-likeness (QED) is 0.547. The number of Topliss-reactive ketones (excluding diaryl/α,β-unsaturated/α-hetero) is 1. The Morgan fingerprint density at radius 1 is 1.38 bits per heavy atom. The maximum atomic E-state index is 12.2. The van der Waals surface area contributed by atoms with E-state index in [1.54, 1.807) is 0 Å². The normalized spacial score (nSPS) is 39.7. The molecule has 90 valence electrons. The topological polar surface area (TPSA) is 74.6 Å². The van der Waals surface area contributed by atoms with Gasteiger partial charge in [0.15, 0.2) is 5.78 Å². The van der Waals surface area contributed by atoms with E-state index in [1.807, 2.05) is 20.8 Å². The first-order valence-corrected chi connectivity index (χ1v) is 7.10. The van der Waals surface area contributed by atoms with Gasteiger partial charge in [0.2, 0.25) is 0 Å². The Morgan fingerprint density at radius 3 is 2.31 bits per heavy atom. The Bertz CT molecular complexity index is 431. The minimum Gasteiger partial charge on any atom is -0.321 e. The highest BCUT2D eigenvalue weighted by Crippen LogP contribution is 2.66. The molecule has 2 bridgehead atoms. The third-order valence-electron chi connectivity index (χ3n) is 4.67. The van der Waals surface area contributed by atoms with Gasteiger partial charge >= 0.3 is 7.60 Å². The first-order valence-electron chi connectivity index (χ1n) is 5.42. The van der Waals surface area contributed by atoms with Crippen LogP contribution >= 0.6 is 7.60 Å². The second kappa shape index (κ2) is 3.06. The van der Waals surface area contributed by atoms with Gasteiger partial charge in [-0.25, -0.2) is 0 Å². The molecule has 16 heavy (non-hydrogen) atoms. The Hall–Kier alpha value is -0.440. The van der Waals surface area contributed by atoms with Gasteiger partial charge in [-0.05, 0) is 24.2 Å². The average molecular weight is 244 g/mol. The van der Waals surface area contributed by atoms with Crippen molar-refractivity contribution < 1.29 is 19.1 Å². The van der Waals surface area contributed by atoms with Gasteiger partial charge in [-0.1, -0.05) is 20.8 Å². The van der Waals surface area contributed by atoms with Crippen LogP contribution in [-0.2, 0) is 9.36 Å². The van der Waals surface area contributed by atoms with Crippen LogP contribution in [-0.4, -0.2) is 15.6 Å². The summed E-state index contributed by atoms with van der Waals surface area (Å²) in [5.74, 6) is 0.807. The van der Waals surface area contributed by atoms with Gasteiger partial charge in [-0.15, -0.1) is 0 Å². The maximum Gasteiger partial charge on any atom is 0.349 e. The van der Waals surface area contributed by atoms with Crippen molar-refractivity contribution in [3.63, 3.8) is 0 Å². The van der Waals surface area contributed by atoms with Crippen molar-refractivity contribution in [2.75, 3.05) is 0 Å². The standard InChI is InChI=1S/C11H17O4P/c1-10(2)8-4-5-11(10,3)9(12)7(8)6-16(13,14)15/h6,8H,4-5H2,1-3H3,(H2,13,14,15). The highest BCUT2D eigenvalue weighted by atomic mass is 31.2. The summed E-state index contributed by atoms with van der Waals surface area (Å²) in [6.45, 7) is 5.95. The maximum absolute atomic E-state index is 12.2. The molecule has 0 aliphatic heterocycles. The van der Waals surface area contributed by atoms with E-state index in [0.29, 0.717) is 5.57 Å². The Kier molecular flexibility index (Phi) is 2.30. The molecular formula is C11H17O4P. The van der Waals surface area contributed by atoms with Crippen LogP contribution in [0.15, 0.2) is 11.4 Å². The number of ketones is 1. The van der Waals surface area contributed by atoms with Gasteiger partial charge in [0, 0.05) is 16.8 Å². The van der Waals surface area contributed by atoms with E-state index in [1.165, 1.54) is 0 Å². The van der Waals surface area contributed by atoms with Gasteiger partial charge in [0.1, 0.15) is 0 Å². The lowest BCUT2D eigenvalue weighted by molar-refractivity contribution is -0.125. The molecule has 0 spiro atoms. The summed E-state index contributed by atoms with van der Waals surface area (Å²) in [4.78, 5) is 30.1. The van der Waals surface area contributed by atoms with E-state index in [9.17, 15) is 9.36 Å². The van der Waals surface area contributed by atoms with Crippen LogP contribution in [0.3, 0.4) is 0 Å². The van der Waals surface area contributed by atoms with E-state index in [0.717, 1.165) is 18.7 Å². The molecule has 0 aromatic carbocycles. The molecule has 0 aromatic rings. The highest BCUT2D eigenvalue weighted by molar-refractivity contribution is 7.55. The van der Waals surface area contributed by atoms with Crippen LogP contribution in [0.1, 0.15) is 33.6 Å². The second-order valence-electron chi connectivity index (χ2n) is 5.65. The fourth-order valence-corrected chi connectivity index (χ4v) is 3.92. The van der Waals surface area contributed by atoms with E-state index in [4.69, 9.17) is 9.79 Å². The molecule has 2 N–H and O–H groups in total. The Balaban J connectivity index is 2.53. The average Bonchev–Trinajstić information content (AvgIpc) is 2.38. The molecule has 2 unspecified atom stereocenters. The zero-order chi connectivity index (χ0) is 12.4. The highest BCUT2D eigenvalue weighted by Gasteiger charge is 2.64. The van der Waals surface area contributed by atoms with Crippen LogP contribution in [0.25, 0.3) is 0 Å². The van der Waals surface area contributed by atoms with Crippen molar-refractivity contribution in [3.05, 3.63) is 11.4 Å². The summed E-state index contributed by atoms with van der Waals surface area (Å²) in [6.07, 6.45) is 1.67. The van der Waals surface area contributed by atoms with E-state index >= 15 is 0 Å². The largest absolute Gasteiger partial charge is 0.349 e. The van der Waals surface area contributed by atoms with Gasteiger partial charge in [-0.3, -0.25) is 9.36 Å². The first-order chi connectivity index (χ1) is 7.09. The molecule has 2 aliphatic rings. The van der Waals surface area contributed by atoms with Gasteiger partial charge < -0.3 is 9.79 Å². The summed E-state index contributed by atoms with van der Waals surface area (Å²) < 4.78 is 11.0. The number of rotatable bonds is 1. The monoisotopic (exact) mass is 244 g/mol.